The van der Waals surface area contributed by atoms with Gasteiger partial charge in [0.25, 0.3) is 0 Å². The van der Waals surface area contributed by atoms with Crippen molar-refractivity contribution in [2.24, 2.45) is 0 Å². The third-order valence-electron chi connectivity index (χ3n) is 2.71. The highest BCUT2D eigenvalue weighted by atomic mass is 127. The quantitative estimate of drug-likeness (QED) is 0.662. The van der Waals surface area contributed by atoms with Crippen molar-refractivity contribution in [1.29, 1.82) is 0 Å². The summed E-state index contributed by atoms with van der Waals surface area (Å²) in [4.78, 5) is 4.37. The zero-order valence-corrected chi connectivity index (χ0v) is 12.2. The Balaban J connectivity index is 2.32. The fourth-order valence-electron chi connectivity index (χ4n) is 1.96. The van der Waals surface area contributed by atoms with Crippen LogP contribution in [-0.4, -0.2) is 9.55 Å². The van der Waals surface area contributed by atoms with E-state index in [-0.39, 0.29) is 0 Å². The van der Waals surface area contributed by atoms with Gasteiger partial charge in [-0.05, 0) is 59.0 Å². The number of rotatable bonds is 1. The molecule has 1 aromatic heterocycles. The molecule has 3 rings (SSSR count). The predicted octanol–water partition coefficient (Wildman–Crippen LogP) is 3.87. The number of imidazole rings is 1. The first-order chi connectivity index (χ1) is 8.65. The number of aromatic nitrogens is 2. The molecule has 0 saturated carbocycles. The molecule has 2 aromatic carbocycles. The number of halogens is 2. The lowest BCUT2D eigenvalue weighted by atomic mass is 10.3. The van der Waals surface area contributed by atoms with Crippen LogP contribution in [0, 0.1) is 3.57 Å². The average molecular weight is 370 g/mol. The SMILES string of the molecule is Nc1nc2cc(I)ccc2n1-c1cccc(Cl)c1. The molecule has 0 radical (unpaired) electrons. The summed E-state index contributed by atoms with van der Waals surface area (Å²) >= 11 is 8.27. The molecule has 90 valence electrons. The molecule has 3 aromatic rings. The van der Waals surface area contributed by atoms with E-state index in [4.69, 9.17) is 17.3 Å². The van der Waals surface area contributed by atoms with E-state index in [0.29, 0.717) is 11.0 Å². The molecule has 0 spiro atoms. The lowest BCUT2D eigenvalue weighted by Crippen LogP contribution is -2.00. The van der Waals surface area contributed by atoms with Gasteiger partial charge in [0.15, 0.2) is 0 Å². The van der Waals surface area contributed by atoms with Gasteiger partial charge >= 0.3 is 0 Å². The van der Waals surface area contributed by atoms with Crippen LogP contribution in [0.2, 0.25) is 5.02 Å². The van der Waals surface area contributed by atoms with E-state index in [1.165, 1.54) is 0 Å². The zero-order chi connectivity index (χ0) is 12.7. The molecule has 18 heavy (non-hydrogen) atoms. The van der Waals surface area contributed by atoms with Gasteiger partial charge in [-0.15, -0.1) is 0 Å². The molecular weight excluding hydrogens is 361 g/mol. The number of hydrogen-bond donors (Lipinski definition) is 1. The summed E-state index contributed by atoms with van der Waals surface area (Å²) in [6, 6.07) is 13.6. The Hall–Kier alpha value is -1.27. The van der Waals surface area contributed by atoms with Crippen LogP contribution in [0.1, 0.15) is 0 Å². The van der Waals surface area contributed by atoms with Crippen molar-refractivity contribution < 1.29 is 0 Å². The van der Waals surface area contributed by atoms with Crippen LogP contribution >= 0.6 is 34.2 Å². The summed E-state index contributed by atoms with van der Waals surface area (Å²) in [5.74, 6) is 0.467. The molecule has 0 bridgehead atoms. The monoisotopic (exact) mass is 369 g/mol. The van der Waals surface area contributed by atoms with E-state index in [9.17, 15) is 0 Å². The second-order valence-electron chi connectivity index (χ2n) is 3.92. The molecule has 0 saturated heterocycles. The van der Waals surface area contributed by atoms with Crippen molar-refractivity contribution in [2.75, 3.05) is 5.73 Å². The van der Waals surface area contributed by atoms with Crippen LogP contribution in [0.4, 0.5) is 5.95 Å². The highest BCUT2D eigenvalue weighted by molar-refractivity contribution is 14.1. The predicted molar refractivity (Wildman–Crippen MR) is 83.2 cm³/mol. The van der Waals surface area contributed by atoms with Gasteiger partial charge in [-0.1, -0.05) is 17.7 Å². The van der Waals surface area contributed by atoms with E-state index in [2.05, 4.69) is 27.6 Å². The summed E-state index contributed by atoms with van der Waals surface area (Å²) in [5, 5.41) is 0.680. The van der Waals surface area contributed by atoms with E-state index < -0.39 is 0 Å². The van der Waals surface area contributed by atoms with Crippen molar-refractivity contribution in [3.63, 3.8) is 0 Å². The maximum atomic E-state index is 6.01. The highest BCUT2D eigenvalue weighted by Gasteiger charge is 2.10. The molecular formula is C13H9ClIN3. The van der Waals surface area contributed by atoms with Crippen molar-refractivity contribution in [1.82, 2.24) is 9.55 Å². The van der Waals surface area contributed by atoms with Crippen molar-refractivity contribution >= 4 is 51.2 Å². The van der Waals surface area contributed by atoms with E-state index >= 15 is 0 Å². The fourth-order valence-corrected chi connectivity index (χ4v) is 2.62. The van der Waals surface area contributed by atoms with Gasteiger partial charge in [-0.25, -0.2) is 4.98 Å². The Morgan fingerprint density at radius 3 is 2.78 bits per heavy atom. The maximum absolute atomic E-state index is 6.01. The molecule has 0 fully saturated rings. The Morgan fingerprint density at radius 2 is 2.00 bits per heavy atom. The van der Waals surface area contributed by atoms with Gasteiger partial charge in [-0.3, -0.25) is 4.57 Å². The van der Waals surface area contributed by atoms with Crippen molar-refractivity contribution in [3.05, 3.63) is 51.1 Å². The topological polar surface area (TPSA) is 43.8 Å². The highest BCUT2D eigenvalue weighted by Crippen LogP contribution is 2.25. The third kappa shape index (κ3) is 1.95. The van der Waals surface area contributed by atoms with Gasteiger partial charge in [-0.2, -0.15) is 0 Å². The van der Waals surface area contributed by atoms with Gasteiger partial charge in [0.05, 0.1) is 16.7 Å². The molecule has 0 amide bonds. The Labute approximate surface area is 123 Å². The normalized spacial score (nSPS) is 11.0. The maximum Gasteiger partial charge on any atom is 0.205 e. The van der Waals surface area contributed by atoms with E-state index in [1.807, 2.05) is 47.0 Å². The number of nitrogens with zero attached hydrogens (tertiary/aromatic N) is 2. The minimum atomic E-state index is 0.467. The first kappa shape index (κ1) is 11.8. The van der Waals surface area contributed by atoms with Gasteiger partial charge in [0, 0.05) is 8.59 Å². The minimum absolute atomic E-state index is 0.467. The van der Waals surface area contributed by atoms with Crippen molar-refractivity contribution in [3.8, 4) is 5.69 Å². The van der Waals surface area contributed by atoms with Gasteiger partial charge < -0.3 is 5.73 Å². The Morgan fingerprint density at radius 1 is 1.17 bits per heavy atom. The lowest BCUT2D eigenvalue weighted by Gasteiger charge is -2.06. The second-order valence-corrected chi connectivity index (χ2v) is 5.60. The molecule has 0 aliphatic heterocycles. The van der Waals surface area contributed by atoms with Crippen LogP contribution in [0.3, 0.4) is 0 Å². The smallest absolute Gasteiger partial charge is 0.205 e. The van der Waals surface area contributed by atoms with E-state index in [0.717, 1.165) is 20.3 Å². The first-order valence-electron chi connectivity index (χ1n) is 5.34. The largest absolute Gasteiger partial charge is 0.369 e. The molecule has 0 aliphatic rings. The second kappa shape index (κ2) is 4.44. The third-order valence-corrected chi connectivity index (χ3v) is 3.61. The van der Waals surface area contributed by atoms with Gasteiger partial charge in [0.2, 0.25) is 5.95 Å². The number of anilines is 1. The van der Waals surface area contributed by atoms with Crippen LogP contribution < -0.4 is 5.73 Å². The van der Waals surface area contributed by atoms with Crippen LogP contribution in [0.15, 0.2) is 42.5 Å². The summed E-state index contributed by atoms with van der Waals surface area (Å²) in [5.41, 5.74) is 8.78. The summed E-state index contributed by atoms with van der Waals surface area (Å²) in [7, 11) is 0. The van der Waals surface area contributed by atoms with Crippen molar-refractivity contribution in [2.45, 2.75) is 0 Å². The Bertz CT molecular complexity index is 736. The number of benzene rings is 2. The lowest BCUT2D eigenvalue weighted by molar-refractivity contribution is 1.11. The molecule has 0 aliphatic carbocycles. The Kier molecular flexibility index (Phi) is 2.91. The van der Waals surface area contributed by atoms with Crippen LogP contribution in [0.25, 0.3) is 16.7 Å². The molecule has 3 nitrogen and oxygen atoms in total. The van der Waals surface area contributed by atoms with Crippen LogP contribution in [0.5, 0.6) is 0 Å². The van der Waals surface area contributed by atoms with E-state index in [1.54, 1.807) is 0 Å². The molecule has 1 heterocycles. The standard InChI is InChI=1S/C13H9ClIN3/c14-8-2-1-3-10(6-8)18-12-5-4-9(15)7-11(12)17-13(18)16/h1-7H,(H2,16,17). The summed E-state index contributed by atoms with van der Waals surface area (Å²) in [6.45, 7) is 0. The average Bonchev–Trinajstić information content (AvgIpc) is 2.64. The zero-order valence-electron chi connectivity index (χ0n) is 9.27. The molecule has 0 atom stereocenters. The number of nitrogens with two attached hydrogens (primary N) is 1. The first-order valence-corrected chi connectivity index (χ1v) is 6.80. The van der Waals surface area contributed by atoms with Gasteiger partial charge in [0.1, 0.15) is 0 Å². The summed E-state index contributed by atoms with van der Waals surface area (Å²) < 4.78 is 3.04. The minimum Gasteiger partial charge on any atom is -0.369 e. The van der Waals surface area contributed by atoms with Crippen LogP contribution in [-0.2, 0) is 0 Å². The number of nitrogen functional groups attached to an aromatic ring is 1. The molecule has 2 N–H and O–H groups in total. The summed E-state index contributed by atoms with van der Waals surface area (Å²) in [6.07, 6.45) is 0. The number of hydrogen-bond acceptors (Lipinski definition) is 2. The molecule has 5 heteroatoms. The fraction of sp³-hybridized carbons (Fsp3) is 0. The number of fused-ring (bicyclic) bond motifs is 1. The molecule has 0 unspecified atom stereocenters.